The van der Waals surface area contributed by atoms with E-state index in [-0.39, 0.29) is 48.9 Å². The molecule has 1 aliphatic carbocycles. The van der Waals surface area contributed by atoms with Crippen LogP contribution in [0, 0.1) is 60.3 Å². The largest absolute Gasteiger partial charge is 0.512 e. The number of aliphatic hydroxyl groups is 1. The van der Waals surface area contributed by atoms with E-state index in [2.05, 4.69) is 183 Å². The van der Waals surface area contributed by atoms with Crippen molar-refractivity contribution in [3.8, 4) is 11.3 Å². The van der Waals surface area contributed by atoms with E-state index >= 15 is 0 Å². The number of hydrogen-bond donors (Lipinski definition) is 1. The van der Waals surface area contributed by atoms with E-state index < -0.39 is 0 Å². The predicted octanol–water partition coefficient (Wildman–Crippen LogP) is 15.5. The molecule has 323 valence electrons. The van der Waals surface area contributed by atoms with Crippen LogP contribution in [-0.4, -0.2) is 10.9 Å². The maximum absolute atomic E-state index is 12.3. The average molecular weight is 993 g/mol. The monoisotopic (exact) mass is 994 g/mol. The fourth-order valence-corrected chi connectivity index (χ4v) is 12.3. The van der Waals surface area contributed by atoms with E-state index in [9.17, 15) is 9.90 Å². The number of allylic oxidation sites excluding steroid dienone is 2. The molecule has 59 heavy (non-hydrogen) atoms. The molecule has 0 bridgehead atoms. The normalized spacial score (nSPS) is 16.2. The number of carbonyl (C=O) groups is 1. The minimum Gasteiger partial charge on any atom is -0.512 e. The molecule has 1 N–H and O–H groups in total. The number of ketones is 1. The standard InChI is InChI=1S/C37H42NS.C17H32O2.Ir/c1-23-26-12-10-11-13-27(26)31(35(2,3)4)19-30(23)33-34-29(16-17-38(33)9)28-15-14-24(18-32(28)39-34)25-20-36(5,6)22-37(7,8)21-25;1-10(2)16(11(3)4)14(18)9-15(19)17(12(5)6)13(7)8;/h10-19,25H,1,9,20-22H2,2-8H3;9-13,16-18H,1-8H3;/q-1;;/b;14-9-;. The third-order valence-electron chi connectivity index (χ3n) is 12.8. The summed E-state index contributed by atoms with van der Waals surface area (Å²) in [5, 5.41) is 15.4. The molecule has 5 heteroatoms. The van der Waals surface area contributed by atoms with Gasteiger partial charge in [0, 0.05) is 54.5 Å². The van der Waals surface area contributed by atoms with Crippen LogP contribution in [0.1, 0.15) is 146 Å². The smallest absolute Gasteiger partial charge is 0.162 e. The van der Waals surface area contributed by atoms with Gasteiger partial charge in [-0.2, -0.15) is 12.5 Å². The fourth-order valence-electron chi connectivity index (χ4n) is 10.9. The van der Waals surface area contributed by atoms with Crippen molar-refractivity contribution in [3.05, 3.63) is 103 Å². The molecule has 2 aromatic heterocycles. The van der Waals surface area contributed by atoms with Crippen LogP contribution in [0.4, 0.5) is 0 Å². The molecule has 6 rings (SSSR count). The Morgan fingerprint density at radius 2 is 1.34 bits per heavy atom. The molecule has 1 radical (unpaired) electrons. The summed E-state index contributed by atoms with van der Waals surface area (Å²) in [7, 11) is 4.45. The molecular formula is C54H74IrNO2S-. The minimum absolute atomic E-state index is 0. The minimum atomic E-state index is -0.0119. The van der Waals surface area contributed by atoms with Gasteiger partial charge < -0.3 is 9.67 Å². The SMILES string of the molecule is CC(C)C(C(=O)/C=C(\O)C(C(C)C)C(C)C)C(C)C.[CH2-]c1c(-c2c3sc4cc(C5CC(C)(C)CC(C)(C)C5)ccc4c3cc[n+]2[CH2-])cc(C(C)(C)C)c2ccccc12.[Ir]. The predicted molar refractivity (Wildman–Crippen MR) is 253 cm³/mol. The number of nitrogens with zero attached hydrogens (tertiary/aromatic N) is 1. The van der Waals surface area contributed by atoms with Gasteiger partial charge in [0.05, 0.1) is 17.6 Å². The molecule has 0 aliphatic heterocycles. The average Bonchev–Trinajstić information content (AvgIpc) is 3.44. The first-order chi connectivity index (χ1) is 26.8. The zero-order valence-corrected chi connectivity index (χ0v) is 42.2. The molecular weight excluding hydrogens is 919 g/mol. The summed E-state index contributed by atoms with van der Waals surface area (Å²) in [6, 6.07) is 20.6. The Balaban J connectivity index is 0.000000329. The van der Waals surface area contributed by atoms with Crippen molar-refractivity contribution in [1.29, 1.82) is 0 Å². The second-order valence-electron chi connectivity index (χ2n) is 21.6. The Kier molecular flexibility index (Phi) is 15.2. The molecule has 0 amide bonds. The van der Waals surface area contributed by atoms with E-state index in [0.29, 0.717) is 40.4 Å². The van der Waals surface area contributed by atoms with E-state index in [1.165, 1.54) is 73.0 Å². The Labute approximate surface area is 375 Å². The van der Waals surface area contributed by atoms with Gasteiger partial charge in [-0.25, -0.2) is 0 Å². The third-order valence-corrected chi connectivity index (χ3v) is 13.9. The van der Waals surface area contributed by atoms with Gasteiger partial charge in [0.1, 0.15) is 0 Å². The number of benzene rings is 3. The van der Waals surface area contributed by atoms with Crippen molar-refractivity contribution in [1.82, 2.24) is 0 Å². The zero-order valence-electron chi connectivity index (χ0n) is 39.0. The molecule has 0 spiro atoms. The summed E-state index contributed by atoms with van der Waals surface area (Å²) in [5.41, 5.74) is 7.03. The number of carbonyl (C=O) groups excluding carboxylic acids is 1. The second kappa shape index (κ2) is 18.5. The first-order valence-electron chi connectivity index (χ1n) is 21.9. The maximum atomic E-state index is 12.3. The number of aliphatic hydroxyl groups excluding tert-OH is 1. The quantitative estimate of drug-likeness (QED) is 0.0692. The summed E-state index contributed by atoms with van der Waals surface area (Å²) >= 11 is 1.91. The molecule has 3 nitrogen and oxygen atoms in total. The molecule has 5 aromatic rings. The van der Waals surface area contributed by atoms with Crippen molar-refractivity contribution < 1.29 is 34.6 Å². The third kappa shape index (κ3) is 10.7. The fraction of sp³-hybridized carbons (Fsp3) is 0.519. The van der Waals surface area contributed by atoms with Crippen LogP contribution in [0.5, 0.6) is 0 Å². The van der Waals surface area contributed by atoms with Crippen LogP contribution in [0.25, 0.3) is 42.2 Å². The van der Waals surface area contributed by atoms with Crippen LogP contribution >= 0.6 is 11.3 Å². The van der Waals surface area contributed by atoms with Crippen LogP contribution in [0.3, 0.4) is 0 Å². The van der Waals surface area contributed by atoms with Crippen molar-refractivity contribution in [2.75, 3.05) is 0 Å². The van der Waals surface area contributed by atoms with Crippen molar-refractivity contribution in [2.24, 2.45) is 46.3 Å². The summed E-state index contributed by atoms with van der Waals surface area (Å²) in [4.78, 5) is 12.3. The van der Waals surface area contributed by atoms with E-state index in [1.807, 2.05) is 11.3 Å². The van der Waals surface area contributed by atoms with Gasteiger partial charge in [-0.15, -0.1) is 34.4 Å². The van der Waals surface area contributed by atoms with Gasteiger partial charge in [-0.3, -0.25) is 4.79 Å². The molecule has 0 unspecified atom stereocenters. The summed E-state index contributed by atoms with van der Waals surface area (Å²) in [5.74, 6) is 2.24. The van der Waals surface area contributed by atoms with Crippen molar-refractivity contribution >= 4 is 48.1 Å². The summed E-state index contributed by atoms with van der Waals surface area (Å²) in [6.45, 7) is 37.9. The molecule has 0 saturated heterocycles. The first-order valence-corrected chi connectivity index (χ1v) is 22.7. The van der Waals surface area contributed by atoms with E-state index in [0.717, 1.165) is 11.3 Å². The van der Waals surface area contributed by atoms with E-state index in [1.54, 1.807) is 0 Å². The van der Waals surface area contributed by atoms with Gasteiger partial charge in [0.25, 0.3) is 0 Å². The Morgan fingerprint density at radius 3 is 1.86 bits per heavy atom. The topological polar surface area (TPSA) is 41.2 Å². The Hall–Kier alpha value is -3.11. The summed E-state index contributed by atoms with van der Waals surface area (Å²) < 4.78 is 4.72. The van der Waals surface area contributed by atoms with Crippen LogP contribution < -0.4 is 4.57 Å². The number of fused-ring (bicyclic) bond motifs is 4. The van der Waals surface area contributed by atoms with Gasteiger partial charge in [0.2, 0.25) is 0 Å². The first kappa shape index (κ1) is 48.6. The molecule has 0 atom stereocenters. The van der Waals surface area contributed by atoms with Gasteiger partial charge >= 0.3 is 0 Å². The van der Waals surface area contributed by atoms with Crippen LogP contribution in [-0.2, 0) is 30.3 Å². The maximum Gasteiger partial charge on any atom is 0.162 e. The second-order valence-corrected chi connectivity index (χ2v) is 22.6. The zero-order chi connectivity index (χ0) is 43.2. The van der Waals surface area contributed by atoms with E-state index in [4.69, 9.17) is 0 Å². The van der Waals surface area contributed by atoms with Crippen molar-refractivity contribution in [3.63, 3.8) is 0 Å². The molecule has 3 aromatic carbocycles. The number of thiophene rings is 1. The number of hydrogen-bond acceptors (Lipinski definition) is 3. The number of rotatable bonds is 9. The van der Waals surface area contributed by atoms with Crippen molar-refractivity contribution in [2.45, 2.75) is 134 Å². The van der Waals surface area contributed by atoms with Crippen LogP contribution in [0.2, 0.25) is 0 Å². The van der Waals surface area contributed by atoms with Gasteiger partial charge in [-0.1, -0.05) is 145 Å². The Bertz CT molecular complexity index is 2260. The van der Waals surface area contributed by atoms with Gasteiger partial charge in [0.15, 0.2) is 5.78 Å². The molecule has 2 heterocycles. The van der Waals surface area contributed by atoms with Crippen LogP contribution in [0.15, 0.2) is 72.6 Å². The molecule has 1 aliphatic rings. The number of pyridine rings is 1. The molecule has 1 fully saturated rings. The molecule has 1 saturated carbocycles. The number of aromatic nitrogens is 1. The summed E-state index contributed by atoms with van der Waals surface area (Å²) in [6.07, 6.45) is 7.41. The van der Waals surface area contributed by atoms with Gasteiger partial charge in [-0.05, 0) is 93.6 Å². The Morgan fingerprint density at radius 1 is 0.797 bits per heavy atom.